The van der Waals surface area contributed by atoms with Gasteiger partial charge >= 0.3 is 6.18 Å². The average Bonchev–Trinajstić information content (AvgIpc) is 3.11. The number of carbonyl (C=O) groups excluding carboxylic acids is 1. The number of hydrogen-bond donors (Lipinski definition) is 2. The normalized spacial score (nSPS) is 21.3. The minimum atomic E-state index is -4.54. The first-order valence-corrected chi connectivity index (χ1v) is 7.31. The quantitative estimate of drug-likeness (QED) is 0.877. The molecule has 0 bridgehead atoms. The highest BCUT2D eigenvalue weighted by Gasteiger charge is 2.42. The van der Waals surface area contributed by atoms with E-state index in [1.54, 1.807) is 6.92 Å². The van der Waals surface area contributed by atoms with Crippen molar-refractivity contribution in [2.24, 2.45) is 0 Å². The number of H-pyrrole nitrogens is 1. The van der Waals surface area contributed by atoms with Crippen molar-refractivity contribution in [3.8, 4) is 0 Å². The maximum absolute atomic E-state index is 13.3. The van der Waals surface area contributed by atoms with E-state index in [0.29, 0.717) is 5.69 Å². The molecule has 2 atom stereocenters. The van der Waals surface area contributed by atoms with Gasteiger partial charge in [0.05, 0.1) is 23.4 Å². The van der Waals surface area contributed by atoms with Crippen LogP contribution in [0, 0.1) is 6.92 Å². The van der Waals surface area contributed by atoms with Gasteiger partial charge in [-0.2, -0.15) is 28.6 Å². The zero-order chi connectivity index (χ0) is 17.5. The van der Waals surface area contributed by atoms with Gasteiger partial charge in [-0.3, -0.25) is 4.79 Å². The lowest BCUT2D eigenvalue weighted by Crippen LogP contribution is -2.33. The van der Waals surface area contributed by atoms with Gasteiger partial charge in [0.1, 0.15) is 0 Å². The molecule has 1 fully saturated rings. The van der Waals surface area contributed by atoms with Gasteiger partial charge in [0.25, 0.3) is 5.91 Å². The predicted molar refractivity (Wildman–Crippen MR) is 77.0 cm³/mol. The summed E-state index contributed by atoms with van der Waals surface area (Å²) < 4.78 is 39.8. The zero-order valence-electron chi connectivity index (χ0n) is 12.7. The van der Waals surface area contributed by atoms with Crippen molar-refractivity contribution in [2.75, 3.05) is 6.54 Å². The van der Waals surface area contributed by atoms with Crippen LogP contribution in [-0.4, -0.2) is 44.0 Å². The molecule has 2 aromatic rings. The van der Waals surface area contributed by atoms with E-state index in [2.05, 4.69) is 15.4 Å². The third kappa shape index (κ3) is 2.86. The molecule has 0 radical (unpaired) electrons. The Morgan fingerprint density at radius 3 is 2.67 bits per heavy atom. The first-order valence-electron chi connectivity index (χ1n) is 7.31. The number of hydrogen-bond acceptors (Lipinski definition) is 4. The van der Waals surface area contributed by atoms with Gasteiger partial charge in [-0.25, -0.2) is 0 Å². The second-order valence-corrected chi connectivity index (χ2v) is 5.71. The maximum atomic E-state index is 13.3. The molecule has 6 nitrogen and oxygen atoms in total. The van der Waals surface area contributed by atoms with Gasteiger partial charge in [-0.15, -0.1) is 0 Å². The number of aromatic amines is 1. The summed E-state index contributed by atoms with van der Waals surface area (Å²) >= 11 is 0. The summed E-state index contributed by atoms with van der Waals surface area (Å²) in [5.41, 5.74) is -0.447. The van der Waals surface area contributed by atoms with Crippen LogP contribution >= 0.6 is 0 Å². The first-order chi connectivity index (χ1) is 11.3. The Kier molecular flexibility index (Phi) is 4.04. The van der Waals surface area contributed by atoms with Crippen molar-refractivity contribution in [1.82, 2.24) is 20.3 Å². The molecule has 24 heavy (non-hydrogen) atoms. The van der Waals surface area contributed by atoms with Crippen molar-refractivity contribution in [2.45, 2.75) is 31.7 Å². The predicted octanol–water partition coefficient (Wildman–Crippen LogP) is 2.08. The number of benzene rings is 1. The number of nitrogens with one attached hydrogen (secondary N) is 1. The molecule has 2 heterocycles. The number of aliphatic hydroxyl groups is 1. The minimum absolute atomic E-state index is 0.0314. The number of alkyl halides is 3. The van der Waals surface area contributed by atoms with E-state index >= 15 is 0 Å². The maximum Gasteiger partial charge on any atom is 0.416 e. The van der Waals surface area contributed by atoms with Gasteiger partial charge < -0.3 is 10.0 Å². The monoisotopic (exact) mass is 340 g/mol. The van der Waals surface area contributed by atoms with Crippen LogP contribution in [0.4, 0.5) is 13.2 Å². The van der Waals surface area contributed by atoms with E-state index in [-0.39, 0.29) is 24.2 Å². The Hall–Kier alpha value is -2.42. The Labute approximate surface area is 135 Å². The lowest BCUT2D eigenvalue weighted by atomic mass is 9.97. The van der Waals surface area contributed by atoms with Crippen molar-refractivity contribution in [1.29, 1.82) is 0 Å². The van der Waals surface area contributed by atoms with Crippen molar-refractivity contribution in [3.05, 3.63) is 46.8 Å². The average molecular weight is 340 g/mol. The molecular weight excluding hydrogens is 325 g/mol. The Morgan fingerprint density at radius 2 is 2.04 bits per heavy atom. The number of β-amino-alcohol motifs (C(OH)–C–C–N with tert-alkyl or cyclic N) is 1. The molecule has 1 aromatic heterocycles. The number of nitrogens with zero attached hydrogens (tertiary/aromatic N) is 3. The molecule has 1 saturated heterocycles. The number of amides is 1. The molecule has 0 saturated carbocycles. The van der Waals surface area contributed by atoms with Crippen molar-refractivity contribution >= 4 is 5.91 Å². The molecule has 1 aliphatic rings. The molecule has 1 aromatic carbocycles. The van der Waals surface area contributed by atoms with E-state index in [0.717, 1.165) is 6.07 Å². The molecule has 1 aliphatic heterocycles. The second kappa shape index (κ2) is 5.90. The van der Waals surface area contributed by atoms with Crippen LogP contribution in [-0.2, 0) is 6.18 Å². The fourth-order valence-corrected chi connectivity index (χ4v) is 3.00. The number of aromatic nitrogens is 3. The molecule has 128 valence electrons. The first kappa shape index (κ1) is 16.4. The number of likely N-dealkylation sites (tertiary alicyclic amines) is 1. The zero-order valence-corrected chi connectivity index (χ0v) is 12.7. The Morgan fingerprint density at radius 1 is 1.33 bits per heavy atom. The van der Waals surface area contributed by atoms with Gasteiger partial charge in [0, 0.05) is 6.54 Å². The van der Waals surface area contributed by atoms with E-state index < -0.39 is 29.8 Å². The Bertz CT molecular complexity index is 759. The van der Waals surface area contributed by atoms with Crippen LogP contribution in [0.3, 0.4) is 0 Å². The van der Waals surface area contributed by atoms with E-state index in [9.17, 15) is 23.1 Å². The highest BCUT2D eigenvalue weighted by Crippen LogP contribution is 2.40. The van der Waals surface area contributed by atoms with Crippen LogP contribution in [0.15, 0.2) is 24.3 Å². The summed E-state index contributed by atoms with van der Waals surface area (Å²) in [5.74, 6) is -0.556. The van der Waals surface area contributed by atoms with E-state index in [1.807, 2.05) is 0 Å². The molecule has 9 heteroatoms. The van der Waals surface area contributed by atoms with Crippen LogP contribution in [0.1, 0.15) is 39.8 Å². The fraction of sp³-hybridized carbons (Fsp3) is 0.400. The van der Waals surface area contributed by atoms with Gasteiger partial charge in [-0.05, 0) is 25.0 Å². The van der Waals surface area contributed by atoms with Crippen molar-refractivity contribution < 1.29 is 23.1 Å². The summed E-state index contributed by atoms with van der Waals surface area (Å²) in [6, 6.07) is 4.22. The van der Waals surface area contributed by atoms with E-state index in [4.69, 9.17) is 0 Å². The van der Waals surface area contributed by atoms with Crippen molar-refractivity contribution in [3.63, 3.8) is 0 Å². The SMILES string of the molecule is Cc1n[nH]nc1C(=O)N1C[C@@H](O)C[C@@H]1c1ccccc1C(F)(F)F. The third-order valence-electron chi connectivity index (χ3n) is 4.09. The topological polar surface area (TPSA) is 82.1 Å². The minimum Gasteiger partial charge on any atom is -0.391 e. The largest absolute Gasteiger partial charge is 0.416 e. The number of carbonyl (C=O) groups is 1. The van der Waals surface area contributed by atoms with Crippen LogP contribution in [0.5, 0.6) is 0 Å². The Balaban J connectivity index is 2.01. The molecule has 0 aliphatic carbocycles. The van der Waals surface area contributed by atoms with E-state index in [1.165, 1.54) is 23.1 Å². The second-order valence-electron chi connectivity index (χ2n) is 5.71. The molecule has 0 spiro atoms. The molecule has 1 amide bonds. The summed E-state index contributed by atoms with van der Waals surface area (Å²) in [5, 5.41) is 19.7. The van der Waals surface area contributed by atoms with Gasteiger partial charge in [0.2, 0.25) is 0 Å². The highest BCUT2D eigenvalue weighted by atomic mass is 19.4. The number of rotatable bonds is 2. The fourth-order valence-electron chi connectivity index (χ4n) is 3.00. The standard InChI is InChI=1S/C15H15F3N4O2/c1-8-13(20-21-19-8)14(24)22-7-9(23)6-12(22)10-4-2-3-5-11(10)15(16,17)18/h2-5,9,12,23H,6-7H2,1H3,(H,19,20,21)/t9-,12+/m0/s1. The number of halogens is 3. The summed E-state index contributed by atoms with van der Waals surface area (Å²) in [6.07, 6.45) is -5.40. The smallest absolute Gasteiger partial charge is 0.391 e. The lowest BCUT2D eigenvalue weighted by Gasteiger charge is -2.26. The third-order valence-corrected chi connectivity index (χ3v) is 4.09. The summed E-state index contributed by atoms with van der Waals surface area (Å²) in [4.78, 5) is 13.9. The van der Waals surface area contributed by atoms with Gasteiger partial charge in [0.15, 0.2) is 5.69 Å². The molecule has 2 N–H and O–H groups in total. The van der Waals surface area contributed by atoms with Crippen LogP contribution in [0.25, 0.3) is 0 Å². The van der Waals surface area contributed by atoms with Crippen LogP contribution in [0.2, 0.25) is 0 Å². The molecule has 0 unspecified atom stereocenters. The molecule has 3 rings (SSSR count). The highest BCUT2D eigenvalue weighted by molar-refractivity contribution is 5.93. The lowest BCUT2D eigenvalue weighted by molar-refractivity contribution is -0.138. The summed E-state index contributed by atoms with van der Waals surface area (Å²) in [6.45, 7) is 1.52. The summed E-state index contributed by atoms with van der Waals surface area (Å²) in [7, 11) is 0. The van der Waals surface area contributed by atoms with Gasteiger partial charge in [-0.1, -0.05) is 18.2 Å². The number of aliphatic hydroxyl groups excluding tert-OH is 1. The molecular formula is C15H15F3N4O2. The van der Waals surface area contributed by atoms with Crippen LogP contribution < -0.4 is 0 Å². The number of aryl methyl sites for hydroxylation is 1.